The van der Waals surface area contributed by atoms with E-state index in [4.69, 9.17) is 0 Å². The van der Waals surface area contributed by atoms with Crippen molar-refractivity contribution in [3.05, 3.63) is 0 Å². The zero-order valence-electron chi connectivity index (χ0n) is 9.44. The first kappa shape index (κ1) is 10.9. The van der Waals surface area contributed by atoms with E-state index < -0.39 is 5.97 Å². The number of carboxylic acid groups (broad SMARTS) is 1. The van der Waals surface area contributed by atoms with Gasteiger partial charge in [-0.15, -0.1) is 0 Å². The molecule has 2 heterocycles. The quantitative estimate of drug-likeness (QED) is 0.689. The molecule has 86 valence electrons. The Bertz CT molecular complexity index is 241. The molecule has 0 spiro atoms. The summed E-state index contributed by atoms with van der Waals surface area (Å²) < 4.78 is 0. The summed E-state index contributed by atoms with van der Waals surface area (Å²) in [7, 11) is 0. The number of aliphatic carboxylic acids is 1. The van der Waals surface area contributed by atoms with Crippen molar-refractivity contribution in [1.29, 1.82) is 0 Å². The fraction of sp³-hybridized carbons (Fsp3) is 0.909. The van der Waals surface area contributed by atoms with Gasteiger partial charge in [-0.3, -0.25) is 4.79 Å². The molecule has 2 atom stereocenters. The predicted molar refractivity (Wildman–Crippen MR) is 57.7 cm³/mol. The maximum Gasteiger partial charge on any atom is 0.307 e. The predicted octanol–water partition coefficient (Wildman–Crippen LogP) is 0.247. The van der Waals surface area contributed by atoms with Gasteiger partial charge in [0.15, 0.2) is 0 Å². The summed E-state index contributed by atoms with van der Waals surface area (Å²) in [5, 5.41) is 12.6. The summed E-state index contributed by atoms with van der Waals surface area (Å²) in [5.74, 6) is -0.147. The molecule has 2 fully saturated rings. The Morgan fingerprint density at radius 1 is 1.33 bits per heavy atom. The van der Waals surface area contributed by atoms with E-state index in [0.29, 0.717) is 6.04 Å². The van der Waals surface area contributed by atoms with E-state index in [2.05, 4.69) is 24.1 Å². The molecule has 0 aliphatic carbocycles. The average Bonchev–Trinajstić information content (AvgIpc) is 2.15. The molecule has 0 aromatic carbocycles. The third-order valence-corrected chi connectivity index (χ3v) is 3.78. The Morgan fingerprint density at radius 3 is 2.27 bits per heavy atom. The van der Waals surface area contributed by atoms with E-state index in [1.54, 1.807) is 0 Å². The average molecular weight is 212 g/mol. The third-order valence-electron chi connectivity index (χ3n) is 3.78. The maximum atomic E-state index is 11.2. The molecule has 2 saturated heterocycles. The van der Waals surface area contributed by atoms with Gasteiger partial charge in [-0.05, 0) is 25.7 Å². The molecule has 15 heavy (non-hydrogen) atoms. The van der Waals surface area contributed by atoms with E-state index in [1.807, 2.05) is 0 Å². The Kier molecular flexibility index (Phi) is 2.98. The molecule has 2 aliphatic heterocycles. The van der Waals surface area contributed by atoms with Crippen molar-refractivity contribution in [2.24, 2.45) is 17.8 Å². The van der Waals surface area contributed by atoms with Crippen molar-refractivity contribution in [3.63, 3.8) is 0 Å². The van der Waals surface area contributed by atoms with Gasteiger partial charge in [-0.25, -0.2) is 0 Å². The Hall–Kier alpha value is -0.610. The van der Waals surface area contributed by atoms with Crippen LogP contribution in [0, 0.1) is 17.8 Å². The van der Waals surface area contributed by atoms with Crippen LogP contribution in [-0.2, 0) is 4.79 Å². The van der Waals surface area contributed by atoms with Gasteiger partial charge in [0.05, 0.1) is 5.92 Å². The van der Waals surface area contributed by atoms with Gasteiger partial charge < -0.3 is 15.3 Å². The lowest BCUT2D eigenvalue weighted by Gasteiger charge is -2.47. The van der Waals surface area contributed by atoms with Gasteiger partial charge >= 0.3 is 5.97 Å². The normalized spacial score (nSPS) is 36.9. The first-order valence-electron chi connectivity index (χ1n) is 5.77. The van der Waals surface area contributed by atoms with E-state index in [1.165, 1.54) is 0 Å². The molecule has 2 aliphatic rings. The molecular formula is C11H20N2O2. The number of likely N-dealkylation sites (tertiary alicyclic amines) is 1. The number of hydrogen-bond donors (Lipinski definition) is 2. The number of fused-ring (bicyclic) bond motifs is 2. The minimum Gasteiger partial charge on any atom is -0.481 e. The Labute approximate surface area is 90.6 Å². The Balaban J connectivity index is 2.11. The first-order valence-corrected chi connectivity index (χ1v) is 5.77. The highest BCUT2D eigenvalue weighted by Crippen LogP contribution is 2.32. The van der Waals surface area contributed by atoms with Crippen LogP contribution in [0.15, 0.2) is 0 Å². The summed E-state index contributed by atoms with van der Waals surface area (Å²) in [6.07, 6.45) is 0. The van der Waals surface area contributed by atoms with Crippen molar-refractivity contribution < 1.29 is 9.90 Å². The molecule has 0 radical (unpaired) electrons. The molecule has 0 saturated carbocycles. The second-order valence-corrected chi connectivity index (χ2v) is 5.09. The van der Waals surface area contributed by atoms with Crippen LogP contribution in [0.3, 0.4) is 0 Å². The zero-order valence-corrected chi connectivity index (χ0v) is 9.44. The lowest BCUT2D eigenvalue weighted by atomic mass is 9.74. The van der Waals surface area contributed by atoms with Gasteiger partial charge in [-0.1, -0.05) is 0 Å². The van der Waals surface area contributed by atoms with Crippen molar-refractivity contribution in [3.8, 4) is 0 Å². The number of nitrogens with one attached hydrogen (secondary N) is 1. The minimum atomic E-state index is -0.602. The van der Waals surface area contributed by atoms with Gasteiger partial charge in [0.2, 0.25) is 0 Å². The molecule has 0 amide bonds. The number of carboxylic acids is 1. The summed E-state index contributed by atoms with van der Waals surface area (Å²) in [6.45, 7) is 7.94. The largest absolute Gasteiger partial charge is 0.481 e. The van der Waals surface area contributed by atoms with Gasteiger partial charge in [0, 0.05) is 32.2 Å². The third kappa shape index (κ3) is 2.01. The van der Waals surface area contributed by atoms with Crippen LogP contribution in [-0.4, -0.2) is 48.2 Å². The van der Waals surface area contributed by atoms with Crippen LogP contribution in [0.4, 0.5) is 0 Å². The molecular weight excluding hydrogens is 192 g/mol. The van der Waals surface area contributed by atoms with Crippen molar-refractivity contribution in [2.45, 2.75) is 19.9 Å². The van der Waals surface area contributed by atoms with E-state index in [-0.39, 0.29) is 17.8 Å². The highest BCUT2D eigenvalue weighted by molar-refractivity contribution is 5.71. The second-order valence-electron chi connectivity index (χ2n) is 5.09. The van der Waals surface area contributed by atoms with Crippen LogP contribution in [0.1, 0.15) is 13.8 Å². The zero-order chi connectivity index (χ0) is 11.0. The summed E-state index contributed by atoms with van der Waals surface area (Å²) in [6, 6.07) is 0.530. The number of hydrogen-bond acceptors (Lipinski definition) is 3. The molecule has 4 heteroatoms. The lowest BCUT2D eigenvalue weighted by Crippen LogP contribution is -2.59. The summed E-state index contributed by atoms with van der Waals surface area (Å²) in [4.78, 5) is 13.6. The smallest absolute Gasteiger partial charge is 0.307 e. The van der Waals surface area contributed by atoms with E-state index in [0.717, 1.165) is 26.2 Å². The van der Waals surface area contributed by atoms with Crippen LogP contribution < -0.4 is 5.32 Å². The van der Waals surface area contributed by atoms with Crippen molar-refractivity contribution >= 4 is 5.97 Å². The van der Waals surface area contributed by atoms with Crippen LogP contribution >= 0.6 is 0 Å². The molecule has 2 rings (SSSR count). The second kappa shape index (κ2) is 4.10. The number of carbonyl (C=O) groups is 1. The minimum absolute atomic E-state index is 0.124. The standard InChI is InChI=1S/C11H20N2O2/c1-7(2)13-5-8-3-12-4-9(6-13)10(8)11(14)15/h7-10,12H,3-6H2,1-2H3,(H,14,15). The highest BCUT2D eigenvalue weighted by Gasteiger charge is 2.43. The van der Waals surface area contributed by atoms with Crippen LogP contribution in [0.2, 0.25) is 0 Å². The topological polar surface area (TPSA) is 52.6 Å². The first-order chi connectivity index (χ1) is 7.09. The molecule has 0 aromatic rings. The monoisotopic (exact) mass is 212 g/mol. The molecule has 2 bridgehead atoms. The van der Waals surface area contributed by atoms with Crippen LogP contribution in [0.5, 0.6) is 0 Å². The Morgan fingerprint density at radius 2 is 1.87 bits per heavy atom. The van der Waals surface area contributed by atoms with Gasteiger partial charge in [-0.2, -0.15) is 0 Å². The molecule has 2 unspecified atom stereocenters. The van der Waals surface area contributed by atoms with Gasteiger partial charge in [0.1, 0.15) is 0 Å². The van der Waals surface area contributed by atoms with E-state index >= 15 is 0 Å². The van der Waals surface area contributed by atoms with Crippen molar-refractivity contribution in [2.75, 3.05) is 26.2 Å². The number of nitrogens with zero attached hydrogens (tertiary/aromatic N) is 1. The maximum absolute atomic E-state index is 11.2. The van der Waals surface area contributed by atoms with E-state index in [9.17, 15) is 9.90 Å². The van der Waals surface area contributed by atoms with Gasteiger partial charge in [0.25, 0.3) is 0 Å². The summed E-state index contributed by atoms with van der Waals surface area (Å²) in [5.41, 5.74) is 0. The number of piperidine rings is 2. The fourth-order valence-electron chi connectivity index (χ4n) is 2.95. The number of rotatable bonds is 2. The fourth-order valence-corrected chi connectivity index (χ4v) is 2.95. The van der Waals surface area contributed by atoms with Crippen LogP contribution in [0.25, 0.3) is 0 Å². The molecule has 2 N–H and O–H groups in total. The highest BCUT2D eigenvalue weighted by atomic mass is 16.4. The lowest BCUT2D eigenvalue weighted by molar-refractivity contribution is -0.150. The molecule has 0 aromatic heterocycles. The van der Waals surface area contributed by atoms with Crippen molar-refractivity contribution in [1.82, 2.24) is 10.2 Å². The SMILES string of the molecule is CC(C)N1CC2CNCC(C1)C2C(=O)O. The summed E-state index contributed by atoms with van der Waals surface area (Å²) >= 11 is 0. The molecule has 4 nitrogen and oxygen atoms in total.